The number of aromatic nitrogens is 3. The van der Waals surface area contributed by atoms with Gasteiger partial charge in [0.15, 0.2) is 11.8 Å². The van der Waals surface area contributed by atoms with Crippen molar-refractivity contribution in [2.75, 3.05) is 0 Å². The van der Waals surface area contributed by atoms with Gasteiger partial charge in [0.25, 0.3) is 5.91 Å². The predicted octanol–water partition coefficient (Wildman–Crippen LogP) is 3.19. The summed E-state index contributed by atoms with van der Waals surface area (Å²) in [6.45, 7) is 7.25. The second-order valence-corrected chi connectivity index (χ2v) is 7.11. The number of ether oxygens (including phenoxy) is 1. The lowest BCUT2D eigenvalue weighted by Crippen LogP contribution is -2.35. The van der Waals surface area contributed by atoms with E-state index in [1.807, 2.05) is 32.0 Å². The molecule has 1 N–H and O–H groups in total. The van der Waals surface area contributed by atoms with E-state index in [1.54, 1.807) is 19.1 Å². The van der Waals surface area contributed by atoms with Crippen molar-refractivity contribution in [1.29, 1.82) is 0 Å². The van der Waals surface area contributed by atoms with Crippen molar-refractivity contribution in [1.82, 2.24) is 20.3 Å². The summed E-state index contributed by atoms with van der Waals surface area (Å²) in [5.74, 6) is -1.54. The van der Waals surface area contributed by atoms with Gasteiger partial charge in [-0.05, 0) is 57.0 Å². The Balaban J connectivity index is 1.64. The lowest BCUT2D eigenvalue weighted by Gasteiger charge is -2.13. The number of hydrogen-bond acceptors (Lipinski definition) is 5. The number of aryl methyl sites for hydroxylation is 3. The second-order valence-electron chi connectivity index (χ2n) is 7.11. The van der Waals surface area contributed by atoms with Crippen molar-refractivity contribution < 1.29 is 18.7 Å². The molecule has 7 nitrogen and oxygen atoms in total. The molecule has 0 saturated heterocycles. The topological polar surface area (TPSA) is 86.1 Å². The molecule has 30 heavy (non-hydrogen) atoms. The zero-order valence-corrected chi connectivity index (χ0v) is 17.3. The zero-order valence-electron chi connectivity index (χ0n) is 17.3. The quantitative estimate of drug-likeness (QED) is 0.631. The molecule has 2 aromatic carbocycles. The van der Waals surface area contributed by atoms with Crippen LogP contribution in [-0.4, -0.2) is 33.0 Å². The summed E-state index contributed by atoms with van der Waals surface area (Å²) in [6.07, 6.45) is -1.02. The minimum Gasteiger partial charge on any atom is -0.448 e. The molecule has 0 bridgehead atoms. The van der Waals surface area contributed by atoms with Crippen molar-refractivity contribution in [3.63, 3.8) is 0 Å². The summed E-state index contributed by atoms with van der Waals surface area (Å²) >= 11 is 0. The van der Waals surface area contributed by atoms with Crippen LogP contribution in [0.4, 0.5) is 4.39 Å². The Morgan fingerprint density at radius 2 is 1.80 bits per heavy atom. The molecule has 1 amide bonds. The highest BCUT2D eigenvalue weighted by Crippen LogP contribution is 2.16. The fourth-order valence-corrected chi connectivity index (χ4v) is 2.91. The number of benzene rings is 2. The van der Waals surface area contributed by atoms with Gasteiger partial charge >= 0.3 is 5.97 Å². The molecule has 1 aromatic heterocycles. The maximum atomic E-state index is 12.9. The highest BCUT2D eigenvalue weighted by atomic mass is 19.1. The van der Waals surface area contributed by atoms with Crippen molar-refractivity contribution in [3.05, 3.63) is 76.4 Å². The minimum atomic E-state index is -1.02. The largest absolute Gasteiger partial charge is 0.448 e. The molecular formula is C22H23FN4O3. The summed E-state index contributed by atoms with van der Waals surface area (Å²) in [4.78, 5) is 26.1. The lowest BCUT2D eigenvalue weighted by molar-refractivity contribution is -0.129. The van der Waals surface area contributed by atoms with Crippen LogP contribution in [0.1, 0.15) is 39.8 Å². The summed E-state index contributed by atoms with van der Waals surface area (Å²) in [5.41, 5.74) is 4.02. The molecule has 0 aliphatic carbocycles. The van der Waals surface area contributed by atoms with Gasteiger partial charge in [0.05, 0.1) is 11.4 Å². The van der Waals surface area contributed by atoms with Crippen LogP contribution in [-0.2, 0) is 16.1 Å². The molecule has 0 radical (unpaired) electrons. The number of nitrogens with zero attached hydrogens (tertiary/aromatic N) is 3. The first-order valence-electron chi connectivity index (χ1n) is 9.49. The fourth-order valence-electron chi connectivity index (χ4n) is 2.91. The van der Waals surface area contributed by atoms with Crippen LogP contribution in [0.2, 0.25) is 0 Å². The normalized spacial score (nSPS) is 11.8. The van der Waals surface area contributed by atoms with Crippen LogP contribution < -0.4 is 5.32 Å². The van der Waals surface area contributed by atoms with E-state index in [2.05, 4.69) is 15.5 Å². The third-order valence-corrected chi connectivity index (χ3v) is 4.58. The highest BCUT2D eigenvalue weighted by Gasteiger charge is 2.23. The zero-order chi connectivity index (χ0) is 21.8. The molecule has 0 unspecified atom stereocenters. The van der Waals surface area contributed by atoms with E-state index in [9.17, 15) is 14.0 Å². The second kappa shape index (κ2) is 8.86. The number of carbonyl (C=O) groups excluding carboxylic acids is 2. The highest BCUT2D eigenvalue weighted by molar-refractivity contribution is 5.91. The van der Waals surface area contributed by atoms with Crippen molar-refractivity contribution in [2.45, 2.75) is 40.3 Å². The van der Waals surface area contributed by atoms with E-state index in [4.69, 9.17) is 4.74 Å². The van der Waals surface area contributed by atoms with Gasteiger partial charge < -0.3 is 10.1 Å². The van der Waals surface area contributed by atoms with Crippen LogP contribution in [0.3, 0.4) is 0 Å². The van der Waals surface area contributed by atoms with Gasteiger partial charge in [-0.2, -0.15) is 9.90 Å². The van der Waals surface area contributed by atoms with Gasteiger partial charge in [-0.25, -0.2) is 9.18 Å². The van der Waals surface area contributed by atoms with Crippen LogP contribution in [0.15, 0.2) is 42.5 Å². The predicted molar refractivity (Wildman–Crippen MR) is 109 cm³/mol. The van der Waals surface area contributed by atoms with Crippen molar-refractivity contribution >= 4 is 11.9 Å². The van der Waals surface area contributed by atoms with Gasteiger partial charge in [0.1, 0.15) is 5.82 Å². The summed E-state index contributed by atoms with van der Waals surface area (Å²) < 4.78 is 18.2. The van der Waals surface area contributed by atoms with Gasteiger partial charge in [-0.3, -0.25) is 4.79 Å². The molecule has 3 rings (SSSR count). The molecule has 0 saturated carbocycles. The number of hydrogen-bond donors (Lipinski definition) is 1. The summed E-state index contributed by atoms with van der Waals surface area (Å²) in [7, 11) is 0. The Labute approximate surface area is 173 Å². The van der Waals surface area contributed by atoms with E-state index in [0.29, 0.717) is 5.69 Å². The van der Waals surface area contributed by atoms with Crippen molar-refractivity contribution in [2.24, 2.45) is 0 Å². The van der Waals surface area contributed by atoms with E-state index in [1.165, 1.54) is 23.9 Å². The fraction of sp³-hybridized carbons (Fsp3) is 0.273. The number of carbonyl (C=O) groups is 2. The molecule has 8 heteroatoms. The van der Waals surface area contributed by atoms with Crippen LogP contribution in [0.25, 0.3) is 5.69 Å². The number of halogens is 1. The summed E-state index contributed by atoms with van der Waals surface area (Å²) in [6, 6.07) is 11.6. The van der Waals surface area contributed by atoms with Gasteiger partial charge in [-0.1, -0.05) is 29.8 Å². The lowest BCUT2D eigenvalue weighted by atomic mass is 10.1. The number of nitrogens with one attached hydrogen (secondary N) is 1. The molecule has 3 aromatic rings. The molecule has 0 aliphatic heterocycles. The Morgan fingerprint density at radius 3 is 2.47 bits per heavy atom. The monoisotopic (exact) mass is 410 g/mol. The van der Waals surface area contributed by atoms with Crippen molar-refractivity contribution in [3.8, 4) is 5.69 Å². The van der Waals surface area contributed by atoms with Gasteiger partial charge in [0, 0.05) is 6.54 Å². The Morgan fingerprint density at radius 1 is 1.10 bits per heavy atom. The molecule has 1 heterocycles. The third-order valence-electron chi connectivity index (χ3n) is 4.58. The number of rotatable bonds is 6. The molecular weight excluding hydrogens is 387 g/mol. The van der Waals surface area contributed by atoms with E-state index in [0.717, 1.165) is 22.4 Å². The maximum Gasteiger partial charge on any atom is 0.361 e. The minimum absolute atomic E-state index is 0.0492. The third kappa shape index (κ3) is 4.89. The van der Waals surface area contributed by atoms with Gasteiger partial charge in [0.2, 0.25) is 0 Å². The van der Waals surface area contributed by atoms with Crippen LogP contribution in [0.5, 0.6) is 0 Å². The first-order chi connectivity index (χ1) is 14.2. The standard InChI is InChI=1S/C22H23FN4O3/c1-13-5-10-19(14(2)11-13)27-25-15(3)20(26-27)22(29)30-16(4)21(28)24-12-17-6-8-18(23)9-7-17/h5-11,16H,12H2,1-4H3,(H,24,28)/t16-/m0/s1. The van der Waals surface area contributed by atoms with Gasteiger partial charge in [-0.15, -0.1) is 5.10 Å². The Bertz CT molecular complexity index is 1080. The van der Waals surface area contributed by atoms with E-state index in [-0.39, 0.29) is 18.1 Å². The molecule has 0 fully saturated rings. The average molecular weight is 410 g/mol. The molecule has 0 spiro atoms. The van der Waals surface area contributed by atoms with E-state index < -0.39 is 18.0 Å². The molecule has 156 valence electrons. The average Bonchev–Trinajstić information content (AvgIpc) is 3.08. The van der Waals surface area contributed by atoms with E-state index >= 15 is 0 Å². The summed E-state index contributed by atoms with van der Waals surface area (Å²) in [5, 5.41) is 11.2. The first-order valence-corrected chi connectivity index (χ1v) is 9.49. The maximum absolute atomic E-state index is 12.9. The smallest absolute Gasteiger partial charge is 0.361 e. The number of amides is 1. The Kier molecular flexibility index (Phi) is 6.25. The van der Waals surface area contributed by atoms with Crippen LogP contribution in [0, 0.1) is 26.6 Å². The SMILES string of the molecule is Cc1ccc(-n2nc(C)c(C(=O)O[C@@H](C)C(=O)NCc3ccc(F)cc3)n2)c(C)c1. The van der Waals surface area contributed by atoms with Crippen LogP contribution >= 0.6 is 0 Å². The molecule has 1 atom stereocenters. The first kappa shape index (κ1) is 21.2. The number of esters is 1. The molecule has 0 aliphatic rings. The Hall–Kier alpha value is -3.55.